The molecule has 0 fully saturated rings. The van der Waals surface area contributed by atoms with Crippen LogP contribution in [0.5, 0.6) is 5.75 Å². The number of carbonyl (C=O) groups excluding carboxylic acids is 1. The molecule has 5 nitrogen and oxygen atoms in total. The Kier molecular flexibility index (Phi) is 4.72. The molecule has 0 saturated heterocycles. The first kappa shape index (κ1) is 14.5. The number of carbonyl (C=O) groups is 2. The van der Waals surface area contributed by atoms with E-state index in [1.165, 1.54) is 0 Å². The molecule has 1 aromatic heterocycles. The summed E-state index contributed by atoms with van der Waals surface area (Å²) in [6.45, 7) is 5.62. The van der Waals surface area contributed by atoms with Gasteiger partial charge in [0.25, 0.3) is 5.91 Å². The average Bonchev–Trinajstić information content (AvgIpc) is 2.74. The summed E-state index contributed by atoms with van der Waals surface area (Å²) in [6.07, 6.45) is 0.803. The van der Waals surface area contributed by atoms with Crippen molar-refractivity contribution in [3.8, 4) is 5.75 Å². The van der Waals surface area contributed by atoms with Crippen LogP contribution < -0.4 is 10.1 Å². The zero-order valence-corrected chi connectivity index (χ0v) is 11.5. The first-order valence-corrected chi connectivity index (χ1v) is 6.48. The molecule has 0 aliphatic carbocycles. The van der Waals surface area contributed by atoms with Gasteiger partial charge in [-0.15, -0.1) is 11.3 Å². The van der Waals surface area contributed by atoms with Gasteiger partial charge in [0.1, 0.15) is 5.75 Å². The number of carboxylic acid groups (broad SMARTS) is 1. The first-order chi connectivity index (χ1) is 8.35. The zero-order chi connectivity index (χ0) is 13.8. The number of nitrogens with one attached hydrogen (secondary N) is 1. The highest BCUT2D eigenvalue weighted by atomic mass is 32.1. The van der Waals surface area contributed by atoms with Crippen molar-refractivity contribution in [1.29, 1.82) is 0 Å². The first-order valence-electron chi connectivity index (χ1n) is 5.60. The molecule has 1 heterocycles. The van der Waals surface area contributed by atoms with E-state index in [-0.39, 0.29) is 28.7 Å². The van der Waals surface area contributed by atoms with Gasteiger partial charge in [0.15, 0.2) is 11.5 Å². The molecule has 0 radical (unpaired) electrons. The standard InChI is InChI=1S/C12H17NO4S/c1-4-12(2,3)13-9(14)7-17-8-5-6-18-10(8)11(15)16/h5-6H,4,7H2,1-3H3,(H,13,14)(H,15,16). The number of thiophene rings is 1. The number of hydrogen-bond donors (Lipinski definition) is 2. The van der Waals surface area contributed by atoms with Gasteiger partial charge < -0.3 is 15.2 Å². The fourth-order valence-electron chi connectivity index (χ4n) is 1.21. The van der Waals surface area contributed by atoms with Crippen LogP contribution in [-0.4, -0.2) is 29.1 Å². The summed E-state index contributed by atoms with van der Waals surface area (Å²) in [7, 11) is 0. The molecule has 18 heavy (non-hydrogen) atoms. The van der Waals surface area contributed by atoms with E-state index in [1.807, 2.05) is 20.8 Å². The van der Waals surface area contributed by atoms with Crippen molar-refractivity contribution in [2.24, 2.45) is 0 Å². The van der Waals surface area contributed by atoms with Gasteiger partial charge in [-0.25, -0.2) is 4.79 Å². The normalized spacial score (nSPS) is 11.1. The highest BCUT2D eigenvalue weighted by molar-refractivity contribution is 7.12. The number of rotatable bonds is 6. The van der Waals surface area contributed by atoms with Crippen molar-refractivity contribution in [1.82, 2.24) is 5.32 Å². The lowest BCUT2D eigenvalue weighted by molar-refractivity contribution is -0.124. The van der Waals surface area contributed by atoms with E-state index >= 15 is 0 Å². The molecular weight excluding hydrogens is 254 g/mol. The van der Waals surface area contributed by atoms with Crippen molar-refractivity contribution >= 4 is 23.2 Å². The van der Waals surface area contributed by atoms with Crippen LogP contribution in [-0.2, 0) is 4.79 Å². The van der Waals surface area contributed by atoms with Gasteiger partial charge in [-0.3, -0.25) is 4.79 Å². The number of amides is 1. The van der Waals surface area contributed by atoms with Gasteiger partial charge in [0.2, 0.25) is 0 Å². The highest BCUT2D eigenvalue weighted by Crippen LogP contribution is 2.24. The molecule has 0 unspecified atom stereocenters. The Morgan fingerprint density at radius 1 is 1.50 bits per heavy atom. The van der Waals surface area contributed by atoms with E-state index in [4.69, 9.17) is 9.84 Å². The summed E-state index contributed by atoms with van der Waals surface area (Å²) in [6, 6.07) is 1.55. The van der Waals surface area contributed by atoms with E-state index in [9.17, 15) is 9.59 Å². The Morgan fingerprint density at radius 2 is 2.17 bits per heavy atom. The van der Waals surface area contributed by atoms with Gasteiger partial charge in [-0.05, 0) is 31.7 Å². The van der Waals surface area contributed by atoms with Crippen LogP contribution in [0.15, 0.2) is 11.4 Å². The minimum Gasteiger partial charge on any atom is -0.482 e. The molecule has 6 heteroatoms. The molecular formula is C12H17NO4S. The Hall–Kier alpha value is -1.56. The van der Waals surface area contributed by atoms with Crippen LogP contribution in [0, 0.1) is 0 Å². The molecule has 0 aliphatic rings. The predicted molar refractivity (Wildman–Crippen MR) is 69.3 cm³/mol. The van der Waals surface area contributed by atoms with Crippen molar-refractivity contribution in [2.45, 2.75) is 32.7 Å². The topological polar surface area (TPSA) is 75.6 Å². The third-order valence-electron chi connectivity index (χ3n) is 2.54. The predicted octanol–water partition coefficient (Wildman–Crippen LogP) is 2.13. The van der Waals surface area contributed by atoms with Crippen molar-refractivity contribution in [3.05, 3.63) is 16.3 Å². The summed E-state index contributed by atoms with van der Waals surface area (Å²) in [5.74, 6) is -1.07. The fraction of sp³-hybridized carbons (Fsp3) is 0.500. The lowest BCUT2D eigenvalue weighted by atomic mass is 10.0. The number of ether oxygens (including phenoxy) is 1. The number of hydrogen-bond acceptors (Lipinski definition) is 4. The molecule has 1 amide bonds. The van der Waals surface area contributed by atoms with Gasteiger partial charge in [-0.1, -0.05) is 6.92 Å². The van der Waals surface area contributed by atoms with Gasteiger partial charge in [0.05, 0.1) is 0 Å². The summed E-state index contributed by atoms with van der Waals surface area (Å²) in [5.41, 5.74) is -0.287. The fourth-order valence-corrected chi connectivity index (χ4v) is 1.88. The van der Waals surface area contributed by atoms with Crippen LogP contribution >= 0.6 is 11.3 Å². The molecule has 0 spiro atoms. The SMILES string of the molecule is CCC(C)(C)NC(=O)COc1ccsc1C(=O)O. The van der Waals surface area contributed by atoms with E-state index < -0.39 is 5.97 Å². The van der Waals surface area contributed by atoms with Crippen LogP contribution in [0.4, 0.5) is 0 Å². The average molecular weight is 271 g/mol. The van der Waals surface area contributed by atoms with Gasteiger partial charge in [-0.2, -0.15) is 0 Å². The minimum absolute atomic E-state index is 0.109. The molecule has 0 aromatic carbocycles. The molecule has 1 aromatic rings. The number of aromatic carboxylic acids is 1. The second-order valence-electron chi connectivity index (χ2n) is 4.49. The lowest BCUT2D eigenvalue weighted by Gasteiger charge is -2.24. The molecule has 0 atom stereocenters. The minimum atomic E-state index is -1.05. The molecule has 100 valence electrons. The van der Waals surface area contributed by atoms with Crippen molar-refractivity contribution in [3.63, 3.8) is 0 Å². The Morgan fingerprint density at radius 3 is 2.72 bits per heavy atom. The monoisotopic (exact) mass is 271 g/mol. The molecule has 0 saturated carbocycles. The third kappa shape index (κ3) is 4.03. The van der Waals surface area contributed by atoms with E-state index in [1.54, 1.807) is 11.4 Å². The summed E-state index contributed by atoms with van der Waals surface area (Å²) >= 11 is 1.07. The van der Waals surface area contributed by atoms with E-state index in [0.717, 1.165) is 17.8 Å². The third-order valence-corrected chi connectivity index (χ3v) is 3.43. The van der Waals surface area contributed by atoms with Gasteiger partial charge >= 0.3 is 5.97 Å². The largest absolute Gasteiger partial charge is 0.482 e. The van der Waals surface area contributed by atoms with Crippen LogP contribution in [0.1, 0.15) is 36.9 Å². The summed E-state index contributed by atoms with van der Waals surface area (Å²) in [4.78, 5) is 22.6. The van der Waals surface area contributed by atoms with E-state index in [0.29, 0.717) is 0 Å². The maximum absolute atomic E-state index is 11.6. The van der Waals surface area contributed by atoms with Crippen molar-refractivity contribution in [2.75, 3.05) is 6.61 Å². The highest BCUT2D eigenvalue weighted by Gasteiger charge is 2.19. The lowest BCUT2D eigenvalue weighted by Crippen LogP contribution is -2.44. The number of carboxylic acids is 1. The second-order valence-corrected chi connectivity index (χ2v) is 5.41. The maximum Gasteiger partial charge on any atom is 0.349 e. The van der Waals surface area contributed by atoms with Crippen LogP contribution in [0.2, 0.25) is 0 Å². The van der Waals surface area contributed by atoms with Crippen molar-refractivity contribution < 1.29 is 19.4 Å². The molecule has 1 rings (SSSR count). The summed E-state index contributed by atoms with van der Waals surface area (Å²) in [5, 5.41) is 13.3. The molecule has 2 N–H and O–H groups in total. The van der Waals surface area contributed by atoms with E-state index in [2.05, 4.69) is 5.32 Å². The zero-order valence-electron chi connectivity index (χ0n) is 10.6. The van der Waals surface area contributed by atoms with Crippen LogP contribution in [0.3, 0.4) is 0 Å². The Balaban J connectivity index is 2.53. The van der Waals surface area contributed by atoms with Crippen LogP contribution in [0.25, 0.3) is 0 Å². The quantitative estimate of drug-likeness (QED) is 0.831. The Bertz CT molecular complexity index is 439. The van der Waals surface area contributed by atoms with Gasteiger partial charge in [0, 0.05) is 5.54 Å². The smallest absolute Gasteiger partial charge is 0.349 e. The molecule has 0 aliphatic heterocycles. The maximum atomic E-state index is 11.6. The summed E-state index contributed by atoms with van der Waals surface area (Å²) < 4.78 is 5.21. The Labute approximate surface area is 110 Å². The second kappa shape index (κ2) is 5.86. The molecule has 0 bridgehead atoms.